The Morgan fingerprint density at radius 3 is 2.38 bits per heavy atom. The van der Waals surface area contributed by atoms with Gasteiger partial charge in [0.05, 0.1) is 15.5 Å². The second kappa shape index (κ2) is 5.71. The summed E-state index contributed by atoms with van der Waals surface area (Å²) in [5.41, 5.74) is 0.567. The van der Waals surface area contributed by atoms with Crippen LogP contribution in [0.15, 0.2) is 41.4 Å². The molecule has 0 spiro atoms. The van der Waals surface area contributed by atoms with Crippen molar-refractivity contribution in [3.63, 3.8) is 0 Å². The van der Waals surface area contributed by atoms with Crippen LogP contribution in [0.1, 0.15) is 10.4 Å². The summed E-state index contributed by atoms with van der Waals surface area (Å²) in [5.74, 6) is -0.831. The molecule has 0 bridgehead atoms. The van der Waals surface area contributed by atoms with E-state index < -0.39 is 15.8 Å². The minimum atomic E-state index is -3.25. The lowest BCUT2D eigenvalue weighted by molar-refractivity contribution is 0.0696. The molecule has 0 aliphatic carbocycles. The third-order valence-corrected chi connectivity index (χ3v) is 4.05. The highest BCUT2D eigenvalue weighted by molar-refractivity contribution is 7.90. The van der Waals surface area contributed by atoms with Gasteiger partial charge >= 0.3 is 5.97 Å². The number of carboxylic acid groups (broad SMARTS) is 1. The van der Waals surface area contributed by atoms with E-state index in [4.69, 9.17) is 16.7 Å². The topological polar surface area (TPSA) is 96.4 Å². The number of carbonyl (C=O) groups is 1. The van der Waals surface area contributed by atoms with Crippen LogP contribution in [0.4, 0.5) is 11.5 Å². The van der Waals surface area contributed by atoms with Crippen molar-refractivity contribution in [2.75, 3.05) is 11.6 Å². The Labute approximate surface area is 126 Å². The predicted octanol–water partition coefficient (Wildman–Crippen LogP) is 2.58. The molecule has 110 valence electrons. The van der Waals surface area contributed by atoms with E-state index >= 15 is 0 Å². The minimum Gasteiger partial charge on any atom is -0.478 e. The van der Waals surface area contributed by atoms with Gasteiger partial charge in [-0.1, -0.05) is 11.6 Å². The number of aromatic nitrogens is 1. The number of pyridine rings is 1. The first-order chi connectivity index (χ1) is 9.77. The van der Waals surface area contributed by atoms with Crippen LogP contribution < -0.4 is 5.32 Å². The molecule has 8 heteroatoms. The molecule has 0 fully saturated rings. The first kappa shape index (κ1) is 15.3. The van der Waals surface area contributed by atoms with Crippen LogP contribution in [0.5, 0.6) is 0 Å². The lowest BCUT2D eigenvalue weighted by Crippen LogP contribution is -2.01. The number of anilines is 2. The highest BCUT2D eigenvalue weighted by Crippen LogP contribution is 2.24. The molecule has 0 atom stereocenters. The standard InChI is InChI=1S/C13H11ClN2O4S/c1-21(19,20)10-4-2-9(3-5-10)16-12-11(14)6-8(7-15-12)13(17)18/h2-7H,1H3,(H,15,16)(H,17,18). The highest BCUT2D eigenvalue weighted by Gasteiger charge is 2.10. The second-order valence-corrected chi connectivity index (χ2v) is 6.70. The normalized spacial score (nSPS) is 11.1. The van der Waals surface area contributed by atoms with Crippen LogP contribution in [0.2, 0.25) is 5.02 Å². The van der Waals surface area contributed by atoms with Crippen molar-refractivity contribution in [2.24, 2.45) is 0 Å². The Bertz CT molecular complexity index is 788. The molecule has 2 rings (SSSR count). The minimum absolute atomic E-state index is 0.0158. The smallest absolute Gasteiger partial charge is 0.337 e. The van der Waals surface area contributed by atoms with Gasteiger partial charge in [-0.3, -0.25) is 0 Å². The number of carboxylic acids is 1. The van der Waals surface area contributed by atoms with Crippen molar-refractivity contribution in [1.82, 2.24) is 4.98 Å². The van der Waals surface area contributed by atoms with E-state index in [0.717, 1.165) is 6.26 Å². The summed E-state index contributed by atoms with van der Waals surface area (Å²) in [5, 5.41) is 11.9. The molecule has 0 aliphatic heterocycles. The molecule has 2 aromatic rings. The third kappa shape index (κ3) is 3.71. The number of benzene rings is 1. The average Bonchev–Trinajstić information content (AvgIpc) is 2.40. The maximum Gasteiger partial charge on any atom is 0.337 e. The fraction of sp³-hybridized carbons (Fsp3) is 0.0769. The van der Waals surface area contributed by atoms with Gasteiger partial charge in [-0.05, 0) is 30.3 Å². The van der Waals surface area contributed by atoms with Gasteiger partial charge in [-0.2, -0.15) is 0 Å². The first-order valence-corrected chi connectivity index (χ1v) is 8.00. The van der Waals surface area contributed by atoms with Gasteiger partial charge in [0.25, 0.3) is 0 Å². The maximum absolute atomic E-state index is 11.3. The molecule has 2 N–H and O–H groups in total. The van der Waals surface area contributed by atoms with Gasteiger partial charge in [0.1, 0.15) is 5.82 Å². The number of sulfone groups is 1. The van der Waals surface area contributed by atoms with E-state index in [2.05, 4.69) is 10.3 Å². The van der Waals surface area contributed by atoms with Gasteiger partial charge in [0.15, 0.2) is 9.84 Å². The Morgan fingerprint density at radius 2 is 1.90 bits per heavy atom. The fourth-order valence-electron chi connectivity index (χ4n) is 1.57. The highest BCUT2D eigenvalue weighted by atomic mass is 35.5. The lowest BCUT2D eigenvalue weighted by atomic mass is 10.2. The zero-order valence-electron chi connectivity index (χ0n) is 10.9. The van der Waals surface area contributed by atoms with Crippen LogP contribution in [-0.4, -0.2) is 30.7 Å². The average molecular weight is 327 g/mol. The third-order valence-electron chi connectivity index (χ3n) is 2.63. The van der Waals surface area contributed by atoms with Crippen molar-refractivity contribution in [3.05, 3.63) is 47.1 Å². The molecular weight excluding hydrogens is 316 g/mol. The predicted molar refractivity (Wildman–Crippen MR) is 79.0 cm³/mol. The summed E-state index contributed by atoms with van der Waals surface area (Å²) in [7, 11) is -3.25. The number of hydrogen-bond donors (Lipinski definition) is 2. The first-order valence-electron chi connectivity index (χ1n) is 5.73. The molecule has 0 saturated heterocycles. The summed E-state index contributed by atoms with van der Waals surface area (Å²) >= 11 is 5.94. The summed E-state index contributed by atoms with van der Waals surface area (Å²) < 4.78 is 22.7. The van der Waals surface area contributed by atoms with E-state index in [-0.39, 0.29) is 21.3 Å². The van der Waals surface area contributed by atoms with Gasteiger partial charge in [-0.15, -0.1) is 0 Å². The molecule has 6 nitrogen and oxygen atoms in total. The van der Waals surface area contributed by atoms with Crippen molar-refractivity contribution in [3.8, 4) is 0 Å². The van der Waals surface area contributed by atoms with Gasteiger partial charge in [-0.25, -0.2) is 18.2 Å². The molecule has 1 heterocycles. The van der Waals surface area contributed by atoms with E-state index in [1.54, 1.807) is 12.1 Å². The van der Waals surface area contributed by atoms with E-state index in [0.29, 0.717) is 5.69 Å². The van der Waals surface area contributed by atoms with E-state index in [9.17, 15) is 13.2 Å². The summed E-state index contributed by atoms with van der Waals surface area (Å²) in [6.45, 7) is 0. The molecule has 1 aromatic heterocycles. The Hall–Kier alpha value is -2.12. The van der Waals surface area contributed by atoms with Crippen LogP contribution in [-0.2, 0) is 9.84 Å². The number of nitrogens with zero attached hydrogens (tertiary/aromatic N) is 1. The van der Waals surface area contributed by atoms with Crippen molar-refractivity contribution < 1.29 is 18.3 Å². The number of hydrogen-bond acceptors (Lipinski definition) is 5. The van der Waals surface area contributed by atoms with Crippen molar-refractivity contribution >= 4 is 38.9 Å². The zero-order valence-corrected chi connectivity index (χ0v) is 12.4. The fourth-order valence-corrected chi connectivity index (χ4v) is 2.41. The zero-order chi connectivity index (χ0) is 15.6. The van der Waals surface area contributed by atoms with Crippen molar-refractivity contribution in [1.29, 1.82) is 0 Å². The molecule has 1 aromatic carbocycles. The van der Waals surface area contributed by atoms with Crippen LogP contribution in [0.25, 0.3) is 0 Å². The largest absolute Gasteiger partial charge is 0.478 e. The van der Waals surface area contributed by atoms with E-state index in [1.165, 1.54) is 24.4 Å². The van der Waals surface area contributed by atoms with Gasteiger partial charge in [0.2, 0.25) is 0 Å². The number of rotatable bonds is 4. The molecule has 0 aliphatic rings. The summed E-state index contributed by atoms with van der Waals surface area (Å²) in [6, 6.07) is 7.33. The van der Waals surface area contributed by atoms with Crippen molar-refractivity contribution in [2.45, 2.75) is 4.90 Å². The molecule has 0 amide bonds. The molecule has 0 radical (unpaired) electrons. The number of aromatic carboxylic acids is 1. The lowest BCUT2D eigenvalue weighted by Gasteiger charge is -2.08. The second-order valence-electron chi connectivity index (χ2n) is 4.28. The molecule has 0 saturated carbocycles. The maximum atomic E-state index is 11.3. The van der Waals surface area contributed by atoms with Gasteiger partial charge in [0, 0.05) is 18.1 Å². The summed E-state index contributed by atoms with van der Waals surface area (Å²) in [6.07, 6.45) is 2.31. The number of halogens is 1. The molecular formula is C13H11ClN2O4S. The Balaban J connectivity index is 2.24. The van der Waals surface area contributed by atoms with Gasteiger partial charge < -0.3 is 10.4 Å². The monoisotopic (exact) mass is 326 g/mol. The van der Waals surface area contributed by atoms with Crippen LogP contribution in [0.3, 0.4) is 0 Å². The quantitative estimate of drug-likeness (QED) is 0.896. The SMILES string of the molecule is CS(=O)(=O)c1ccc(Nc2ncc(C(=O)O)cc2Cl)cc1. The van der Waals surface area contributed by atoms with Crippen LogP contribution >= 0.6 is 11.6 Å². The Kier molecular flexibility index (Phi) is 4.15. The summed E-state index contributed by atoms with van der Waals surface area (Å²) in [4.78, 5) is 14.9. The molecule has 21 heavy (non-hydrogen) atoms. The van der Waals surface area contributed by atoms with E-state index in [1.807, 2.05) is 0 Å². The Morgan fingerprint density at radius 1 is 1.29 bits per heavy atom. The molecule has 0 unspecified atom stereocenters. The number of nitrogens with one attached hydrogen (secondary N) is 1. The van der Waals surface area contributed by atoms with Crippen LogP contribution in [0, 0.1) is 0 Å².